The molecular formula is C23H24N4O2. The molecule has 4 rings (SSSR count). The van der Waals surface area contributed by atoms with E-state index in [0.717, 1.165) is 30.1 Å². The van der Waals surface area contributed by atoms with Crippen molar-refractivity contribution in [2.24, 2.45) is 0 Å². The molecule has 1 aromatic heterocycles. The summed E-state index contributed by atoms with van der Waals surface area (Å²) in [5.74, 6) is 1.06. The number of rotatable bonds is 5. The number of carbonyl (C=O) groups excluding carboxylic acids is 1. The summed E-state index contributed by atoms with van der Waals surface area (Å²) in [5.41, 5.74) is 4.16. The zero-order valence-corrected chi connectivity index (χ0v) is 16.8. The van der Waals surface area contributed by atoms with E-state index in [1.54, 1.807) is 6.07 Å². The molecule has 3 aromatic rings. The second-order valence-corrected chi connectivity index (χ2v) is 7.37. The molecule has 0 saturated carbocycles. The summed E-state index contributed by atoms with van der Waals surface area (Å²) in [6, 6.07) is 17.3. The van der Waals surface area contributed by atoms with E-state index in [0.29, 0.717) is 17.3 Å². The van der Waals surface area contributed by atoms with E-state index in [9.17, 15) is 4.79 Å². The number of benzene rings is 2. The third-order valence-corrected chi connectivity index (χ3v) is 4.69. The van der Waals surface area contributed by atoms with Crippen LogP contribution in [0.1, 0.15) is 35.6 Å². The first-order valence-corrected chi connectivity index (χ1v) is 9.79. The number of nitrogens with zero attached hydrogens (tertiary/aromatic N) is 3. The Hall–Kier alpha value is -3.41. The van der Waals surface area contributed by atoms with Crippen molar-refractivity contribution in [3.05, 3.63) is 71.5 Å². The van der Waals surface area contributed by atoms with Gasteiger partial charge in [0.05, 0.1) is 6.10 Å². The maximum atomic E-state index is 12.8. The maximum absolute atomic E-state index is 12.8. The second-order valence-electron chi connectivity index (χ2n) is 7.37. The summed E-state index contributed by atoms with van der Waals surface area (Å²) < 4.78 is 5.64. The van der Waals surface area contributed by atoms with Crippen LogP contribution >= 0.6 is 0 Å². The predicted molar refractivity (Wildman–Crippen MR) is 114 cm³/mol. The topological polar surface area (TPSA) is 67.3 Å². The van der Waals surface area contributed by atoms with Crippen LogP contribution in [-0.2, 0) is 6.42 Å². The first kappa shape index (κ1) is 18.9. The Bertz CT molecular complexity index is 1030. The molecule has 0 saturated heterocycles. The molecule has 1 N–H and O–H groups in total. The lowest BCUT2D eigenvalue weighted by atomic mass is 10.2. The van der Waals surface area contributed by atoms with Crippen molar-refractivity contribution >= 4 is 23.2 Å². The molecule has 0 bridgehead atoms. The minimum absolute atomic E-state index is 0.105. The molecule has 1 aliphatic heterocycles. The first-order valence-electron chi connectivity index (χ1n) is 9.79. The van der Waals surface area contributed by atoms with Crippen LogP contribution in [0.15, 0.2) is 54.6 Å². The molecule has 1 aliphatic rings. The van der Waals surface area contributed by atoms with Gasteiger partial charge in [0.25, 0.3) is 5.91 Å². The molecule has 0 fully saturated rings. The molecule has 6 nitrogen and oxygen atoms in total. The summed E-state index contributed by atoms with van der Waals surface area (Å²) in [5, 5.41) is 2.90. The van der Waals surface area contributed by atoms with Gasteiger partial charge in [-0.2, -0.15) is 0 Å². The SMILES string of the molecule is Cc1cc(C(=O)Nc2ccc(OC(C)C)cc2)nc(N2CCc3ccccc32)n1. The summed E-state index contributed by atoms with van der Waals surface area (Å²) >= 11 is 0. The van der Waals surface area contributed by atoms with Gasteiger partial charge >= 0.3 is 0 Å². The van der Waals surface area contributed by atoms with Gasteiger partial charge in [-0.1, -0.05) is 18.2 Å². The third-order valence-electron chi connectivity index (χ3n) is 4.69. The van der Waals surface area contributed by atoms with Crippen molar-refractivity contribution in [3.63, 3.8) is 0 Å². The average molecular weight is 388 g/mol. The fraction of sp³-hybridized carbons (Fsp3) is 0.261. The average Bonchev–Trinajstić information content (AvgIpc) is 3.13. The number of fused-ring (bicyclic) bond motifs is 1. The fourth-order valence-corrected chi connectivity index (χ4v) is 3.42. The molecule has 2 heterocycles. The van der Waals surface area contributed by atoms with Crippen molar-refractivity contribution < 1.29 is 9.53 Å². The van der Waals surface area contributed by atoms with Gasteiger partial charge < -0.3 is 15.0 Å². The van der Waals surface area contributed by atoms with Gasteiger partial charge in [0, 0.05) is 23.6 Å². The number of anilines is 3. The van der Waals surface area contributed by atoms with Crippen LogP contribution in [0.25, 0.3) is 0 Å². The Morgan fingerprint density at radius 2 is 1.86 bits per heavy atom. The van der Waals surface area contributed by atoms with Gasteiger partial charge in [0.1, 0.15) is 11.4 Å². The molecule has 0 spiro atoms. The minimum atomic E-state index is -0.262. The quantitative estimate of drug-likeness (QED) is 0.696. The minimum Gasteiger partial charge on any atom is -0.491 e. The van der Waals surface area contributed by atoms with Gasteiger partial charge in [0.2, 0.25) is 5.95 Å². The number of aryl methyl sites for hydroxylation is 1. The van der Waals surface area contributed by atoms with Crippen molar-refractivity contribution in [3.8, 4) is 5.75 Å². The Morgan fingerprint density at radius 1 is 1.10 bits per heavy atom. The number of aromatic nitrogens is 2. The molecule has 1 amide bonds. The highest BCUT2D eigenvalue weighted by Gasteiger charge is 2.23. The van der Waals surface area contributed by atoms with Gasteiger partial charge in [-0.05, 0) is 69.2 Å². The number of para-hydroxylation sites is 1. The van der Waals surface area contributed by atoms with Crippen molar-refractivity contribution in [1.82, 2.24) is 9.97 Å². The zero-order valence-electron chi connectivity index (χ0n) is 16.8. The van der Waals surface area contributed by atoms with Gasteiger partial charge in [-0.15, -0.1) is 0 Å². The number of carbonyl (C=O) groups is 1. The Balaban J connectivity index is 1.54. The molecule has 0 unspecified atom stereocenters. The molecular weight excluding hydrogens is 364 g/mol. The molecule has 0 atom stereocenters. The molecule has 6 heteroatoms. The van der Waals surface area contributed by atoms with E-state index in [4.69, 9.17) is 4.74 Å². The molecule has 0 radical (unpaired) electrons. The number of nitrogens with one attached hydrogen (secondary N) is 1. The van der Waals surface area contributed by atoms with Crippen molar-refractivity contribution in [1.29, 1.82) is 0 Å². The van der Waals surface area contributed by atoms with E-state index < -0.39 is 0 Å². The van der Waals surface area contributed by atoms with Crippen LogP contribution in [0.5, 0.6) is 5.75 Å². The highest BCUT2D eigenvalue weighted by Crippen LogP contribution is 2.32. The summed E-state index contributed by atoms with van der Waals surface area (Å²) in [4.78, 5) is 24.0. The first-order chi connectivity index (χ1) is 14.0. The highest BCUT2D eigenvalue weighted by molar-refractivity contribution is 6.03. The van der Waals surface area contributed by atoms with Gasteiger partial charge in [-0.25, -0.2) is 9.97 Å². The van der Waals surface area contributed by atoms with Crippen LogP contribution in [0.4, 0.5) is 17.3 Å². The predicted octanol–water partition coefficient (Wildman–Crippen LogP) is 4.52. The Morgan fingerprint density at radius 3 is 2.62 bits per heavy atom. The summed E-state index contributed by atoms with van der Waals surface area (Å²) in [6.07, 6.45) is 1.05. The smallest absolute Gasteiger partial charge is 0.274 e. The number of hydrogen-bond acceptors (Lipinski definition) is 5. The van der Waals surface area contributed by atoms with E-state index in [1.165, 1.54) is 5.56 Å². The lowest BCUT2D eigenvalue weighted by molar-refractivity contribution is 0.102. The maximum Gasteiger partial charge on any atom is 0.274 e. The van der Waals surface area contributed by atoms with E-state index in [-0.39, 0.29) is 12.0 Å². The molecule has 29 heavy (non-hydrogen) atoms. The number of hydrogen-bond donors (Lipinski definition) is 1. The highest BCUT2D eigenvalue weighted by atomic mass is 16.5. The van der Waals surface area contributed by atoms with E-state index in [2.05, 4.69) is 32.3 Å². The zero-order chi connectivity index (χ0) is 20.4. The van der Waals surface area contributed by atoms with E-state index in [1.807, 2.05) is 57.2 Å². The lowest BCUT2D eigenvalue weighted by Crippen LogP contribution is -2.20. The van der Waals surface area contributed by atoms with Crippen LogP contribution in [-0.4, -0.2) is 28.5 Å². The second kappa shape index (κ2) is 7.91. The van der Waals surface area contributed by atoms with Gasteiger partial charge in [0.15, 0.2) is 0 Å². The fourth-order valence-electron chi connectivity index (χ4n) is 3.42. The monoisotopic (exact) mass is 388 g/mol. The molecule has 148 valence electrons. The van der Waals surface area contributed by atoms with Crippen molar-refractivity contribution in [2.75, 3.05) is 16.8 Å². The van der Waals surface area contributed by atoms with E-state index >= 15 is 0 Å². The Labute approximate surface area is 170 Å². The van der Waals surface area contributed by atoms with Crippen LogP contribution in [0.3, 0.4) is 0 Å². The van der Waals surface area contributed by atoms with Crippen LogP contribution < -0.4 is 15.0 Å². The van der Waals surface area contributed by atoms with Crippen LogP contribution in [0.2, 0.25) is 0 Å². The molecule has 2 aromatic carbocycles. The summed E-state index contributed by atoms with van der Waals surface area (Å²) in [6.45, 7) is 6.64. The Kier molecular flexibility index (Phi) is 5.16. The number of ether oxygens (including phenoxy) is 1. The lowest BCUT2D eigenvalue weighted by Gasteiger charge is -2.18. The largest absolute Gasteiger partial charge is 0.491 e. The van der Waals surface area contributed by atoms with Crippen molar-refractivity contribution in [2.45, 2.75) is 33.3 Å². The molecule has 0 aliphatic carbocycles. The normalized spacial score (nSPS) is 12.8. The van der Waals surface area contributed by atoms with Crippen LogP contribution in [0, 0.1) is 6.92 Å². The standard InChI is InChI=1S/C23H24N4O2/c1-15(2)29-19-10-8-18(9-11-19)25-22(28)20-14-16(3)24-23(26-20)27-13-12-17-6-4-5-7-21(17)27/h4-11,14-15H,12-13H2,1-3H3,(H,25,28). The van der Waals surface area contributed by atoms with Gasteiger partial charge in [-0.3, -0.25) is 4.79 Å². The third kappa shape index (κ3) is 4.21. The summed E-state index contributed by atoms with van der Waals surface area (Å²) in [7, 11) is 0. The number of amides is 1.